The van der Waals surface area contributed by atoms with E-state index in [0.29, 0.717) is 0 Å². The van der Waals surface area contributed by atoms with Crippen molar-refractivity contribution in [2.45, 2.75) is 45.6 Å². The Morgan fingerprint density at radius 3 is 2.07 bits per heavy atom. The van der Waals surface area contributed by atoms with Gasteiger partial charge in [-0.05, 0) is 40.0 Å². The Kier molecular flexibility index (Phi) is 3.17. The molecule has 1 fully saturated rings. The van der Waals surface area contributed by atoms with Crippen molar-refractivity contribution in [3.8, 4) is 0 Å². The first kappa shape index (κ1) is 11.8. The van der Waals surface area contributed by atoms with Gasteiger partial charge in [-0.25, -0.2) is 4.79 Å². The zero-order valence-electron chi connectivity index (χ0n) is 9.39. The van der Waals surface area contributed by atoms with E-state index in [4.69, 9.17) is 5.11 Å². The van der Waals surface area contributed by atoms with E-state index in [9.17, 15) is 9.59 Å². The van der Waals surface area contributed by atoms with Crippen LogP contribution in [0.15, 0.2) is 11.1 Å². The first-order valence-corrected chi connectivity index (χ1v) is 5.09. The molecule has 0 radical (unpaired) electrons. The van der Waals surface area contributed by atoms with Crippen LogP contribution in [0.5, 0.6) is 0 Å². The summed E-state index contributed by atoms with van der Waals surface area (Å²) in [5, 5.41) is 11.6. The zero-order chi connectivity index (χ0) is 11.6. The van der Waals surface area contributed by atoms with Crippen LogP contribution in [-0.2, 0) is 9.59 Å². The van der Waals surface area contributed by atoms with Gasteiger partial charge in [0.1, 0.15) is 0 Å². The van der Waals surface area contributed by atoms with Gasteiger partial charge in [0.25, 0.3) is 0 Å². The Morgan fingerprint density at radius 2 is 1.73 bits per heavy atom. The maximum atomic E-state index is 11.7. The van der Waals surface area contributed by atoms with Crippen LogP contribution < -0.4 is 5.32 Å². The van der Waals surface area contributed by atoms with Gasteiger partial charge in [0.2, 0.25) is 5.91 Å². The summed E-state index contributed by atoms with van der Waals surface area (Å²) >= 11 is 0. The van der Waals surface area contributed by atoms with E-state index in [1.807, 2.05) is 6.92 Å². The van der Waals surface area contributed by atoms with Crippen LogP contribution in [0.4, 0.5) is 0 Å². The molecule has 0 aromatic rings. The third-order valence-electron chi connectivity index (χ3n) is 3.10. The highest BCUT2D eigenvalue weighted by atomic mass is 16.4. The first-order valence-electron chi connectivity index (χ1n) is 5.09. The number of carbonyl (C=O) groups is 2. The second kappa shape index (κ2) is 4.04. The fourth-order valence-corrected chi connectivity index (χ4v) is 1.53. The number of amides is 1. The quantitative estimate of drug-likeness (QED) is 0.694. The lowest BCUT2D eigenvalue weighted by Crippen LogP contribution is -2.51. The van der Waals surface area contributed by atoms with Crippen molar-refractivity contribution in [1.29, 1.82) is 0 Å². The normalized spacial score (nSPS) is 19.9. The summed E-state index contributed by atoms with van der Waals surface area (Å²) in [6, 6.07) is 0. The smallest absolute Gasteiger partial charge is 0.331 e. The SMILES string of the molecule is CC(C(=O)O)=C(C)C(=O)NC1(C)CCC1. The van der Waals surface area contributed by atoms with E-state index < -0.39 is 5.97 Å². The molecule has 1 rings (SSSR count). The second-order valence-corrected chi connectivity index (χ2v) is 4.42. The highest BCUT2D eigenvalue weighted by Crippen LogP contribution is 2.31. The fourth-order valence-electron chi connectivity index (χ4n) is 1.53. The average Bonchev–Trinajstić information content (AvgIpc) is 2.12. The molecule has 15 heavy (non-hydrogen) atoms. The number of carboxylic acids is 1. The van der Waals surface area contributed by atoms with E-state index in [2.05, 4.69) is 5.32 Å². The molecule has 1 aliphatic carbocycles. The van der Waals surface area contributed by atoms with Gasteiger partial charge in [-0.2, -0.15) is 0 Å². The molecular weight excluding hydrogens is 194 g/mol. The molecule has 4 heteroatoms. The molecule has 0 aliphatic heterocycles. The van der Waals surface area contributed by atoms with Crippen LogP contribution in [0.25, 0.3) is 0 Å². The van der Waals surface area contributed by atoms with Gasteiger partial charge in [-0.1, -0.05) is 0 Å². The Bertz CT molecular complexity index is 327. The van der Waals surface area contributed by atoms with E-state index >= 15 is 0 Å². The molecule has 84 valence electrons. The largest absolute Gasteiger partial charge is 0.478 e. The molecule has 0 heterocycles. The monoisotopic (exact) mass is 211 g/mol. The summed E-state index contributed by atoms with van der Waals surface area (Å²) in [5.41, 5.74) is 0.267. The Hall–Kier alpha value is -1.32. The minimum Gasteiger partial charge on any atom is -0.478 e. The summed E-state index contributed by atoms with van der Waals surface area (Å²) in [4.78, 5) is 22.3. The lowest BCUT2D eigenvalue weighted by Gasteiger charge is -2.39. The molecule has 0 unspecified atom stereocenters. The fraction of sp³-hybridized carbons (Fsp3) is 0.636. The number of carbonyl (C=O) groups excluding carboxylic acids is 1. The highest BCUT2D eigenvalue weighted by Gasteiger charge is 2.33. The summed E-state index contributed by atoms with van der Waals surface area (Å²) in [6.45, 7) is 4.97. The standard InChI is InChI=1S/C11H17NO3/c1-7(8(2)10(14)15)9(13)12-11(3)5-4-6-11/h4-6H2,1-3H3,(H,12,13)(H,14,15). The van der Waals surface area contributed by atoms with Crippen LogP contribution in [-0.4, -0.2) is 22.5 Å². The van der Waals surface area contributed by atoms with Gasteiger partial charge in [-0.15, -0.1) is 0 Å². The molecule has 1 aliphatic rings. The van der Waals surface area contributed by atoms with Crippen LogP contribution in [0.3, 0.4) is 0 Å². The maximum Gasteiger partial charge on any atom is 0.331 e. The maximum absolute atomic E-state index is 11.7. The van der Waals surface area contributed by atoms with Crippen LogP contribution in [0.1, 0.15) is 40.0 Å². The number of aliphatic carboxylic acids is 1. The molecule has 4 nitrogen and oxygen atoms in total. The minimum absolute atomic E-state index is 0.107. The van der Waals surface area contributed by atoms with Gasteiger partial charge in [0.15, 0.2) is 0 Å². The van der Waals surface area contributed by atoms with Crippen LogP contribution in [0.2, 0.25) is 0 Å². The van der Waals surface area contributed by atoms with Crippen molar-refractivity contribution in [3.63, 3.8) is 0 Å². The third kappa shape index (κ3) is 2.58. The van der Waals surface area contributed by atoms with Gasteiger partial charge in [0.05, 0.1) is 0 Å². The van der Waals surface area contributed by atoms with Gasteiger partial charge in [-0.3, -0.25) is 4.79 Å². The first-order chi connectivity index (χ1) is 6.86. The zero-order valence-corrected chi connectivity index (χ0v) is 9.39. The number of carboxylic acid groups (broad SMARTS) is 1. The molecule has 0 atom stereocenters. The van der Waals surface area contributed by atoms with Crippen LogP contribution in [0, 0.1) is 0 Å². The summed E-state index contributed by atoms with van der Waals surface area (Å²) < 4.78 is 0. The summed E-state index contributed by atoms with van der Waals surface area (Å²) in [6.07, 6.45) is 3.06. The van der Waals surface area contributed by atoms with E-state index in [1.54, 1.807) is 6.92 Å². The van der Waals surface area contributed by atoms with Crippen molar-refractivity contribution in [1.82, 2.24) is 5.32 Å². The predicted molar refractivity (Wildman–Crippen MR) is 56.4 cm³/mol. The minimum atomic E-state index is -1.04. The van der Waals surface area contributed by atoms with E-state index in [0.717, 1.165) is 19.3 Å². The van der Waals surface area contributed by atoms with Crippen LogP contribution >= 0.6 is 0 Å². The Balaban J connectivity index is 2.68. The average molecular weight is 211 g/mol. The van der Waals surface area contributed by atoms with Crippen molar-refractivity contribution in [2.24, 2.45) is 0 Å². The Morgan fingerprint density at radius 1 is 1.20 bits per heavy atom. The van der Waals surface area contributed by atoms with Crippen molar-refractivity contribution >= 4 is 11.9 Å². The lowest BCUT2D eigenvalue weighted by molar-refractivity contribution is -0.133. The number of rotatable bonds is 3. The molecule has 1 amide bonds. The molecule has 0 bridgehead atoms. The molecule has 0 aromatic carbocycles. The molecular formula is C11H17NO3. The van der Waals surface area contributed by atoms with Crippen molar-refractivity contribution < 1.29 is 14.7 Å². The predicted octanol–water partition coefficient (Wildman–Crippen LogP) is 1.47. The number of hydrogen-bond donors (Lipinski definition) is 2. The van der Waals surface area contributed by atoms with Gasteiger partial charge in [0, 0.05) is 16.7 Å². The molecule has 0 spiro atoms. The highest BCUT2D eigenvalue weighted by molar-refractivity contribution is 6.01. The van der Waals surface area contributed by atoms with Crippen molar-refractivity contribution in [2.75, 3.05) is 0 Å². The van der Waals surface area contributed by atoms with E-state index in [1.165, 1.54) is 6.92 Å². The third-order valence-corrected chi connectivity index (χ3v) is 3.10. The molecule has 0 saturated heterocycles. The number of hydrogen-bond acceptors (Lipinski definition) is 2. The Labute approximate surface area is 89.4 Å². The molecule has 1 saturated carbocycles. The molecule has 2 N–H and O–H groups in total. The van der Waals surface area contributed by atoms with Crippen molar-refractivity contribution in [3.05, 3.63) is 11.1 Å². The van der Waals surface area contributed by atoms with Gasteiger partial charge < -0.3 is 10.4 Å². The topological polar surface area (TPSA) is 66.4 Å². The summed E-state index contributed by atoms with van der Waals surface area (Å²) in [5.74, 6) is -1.31. The summed E-state index contributed by atoms with van der Waals surface area (Å²) in [7, 11) is 0. The van der Waals surface area contributed by atoms with Gasteiger partial charge >= 0.3 is 5.97 Å². The number of nitrogens with one attached hydrogen (secondary N) is 1. The van der Waals surface area contributed by atoms with E-state index in [-0.39, 0.29) is 22.6 Å². The second-order valence-electron chi connectivity index (χ2n) is 4.42. The lowest BCUT2D eigenvalue weighted by atomic mass is 9.78. The molecule has 0 aromatic heterocycles.